The minimum absolute atomic E-state index is 0.00115. The van der Waals surface area contributed by atoms with E-state index in [0.29, 0.717) is 5.41 Å². The quantitative estimate of drug-likeness (QED) is 0.736. The summed E-state index contributed by atoms with van der Waals surface area (Å²) in [4.78, 5) is 11.6. The maximum Gasteiger partial charge on any atom is 0.242 e. The molecule has 3 nitrogen and oxygen atoms in total. The normalized spacial score (nSPS) is 36.8. The fourth-order valence-electron chi connectivity index (χ4n) is 3.35. The van der Waals surface area contributed by atoms with Crippen LogP contribution in [0.5, 0.6) is 0 Å². The zero-order valence-corrected chi connectivity index (χ0v) is 11.6. The van der Waals surface area contributed by atoms with Gasteiger partial charge in [0.15, 0.2) is 0 Å². The van der Waals surface area contributed by atoms with E-state index < -0.39 is 0 Å². The Hall–Kier alpha value is -0.860. The summed E-state index contributed by atoms with van der Waals surface area (Å²) in [6.45, 7) is 10.8. The standard InChI is InChI=1S/C14H24N2O/c1-9(2)12(17)16-15-11-8-10-6-7-14(11,5)13(10,3)4/h9-10H,6-8H2,1-5H3,(H,16,17)/b15-11-/t10-,14+/m1/s1. The van der Waals surface area contributed by atoms with Crippen LogP contribution in [0.1, 0.15) is 53.9 Å². The Labute approximate surface area is 104 Å². The van der Waals surface area contributed by atoms with Crippen molar-refractivity contribution < 1.29 is 4.79 Å². The Balaban J connectivity index is 2.15. The Kier molecular flexibility index (Phi) is 2.83. The van der Waals surface area contributed by atoms with Gasteiger partial charge in [0, 0.05) is 17.0 Å². The minimum atomic E-state index is -0.00115. The molecule has 0 aromatic heterocycles. The summed E-state index contributed by atoms with van der Waals surface area (Å²) in [5, 5.41) is 4.41. The zero-order valence-electron chi connectivity index (χ0n) is 11.6. The van der Waals surface area contributed by atoms with Gasteiger partial charge in [0.2, 0.25) is 5.91 Å². The van der Waals surface area contributed by atoms with Gasteiger partial charge >= 0.3 is 0 Å². The maximum absolute atomic E-state index is 11.6. The van der Waals surface area contributed by atoms with E-state index in [0.717, 1.165) is 12.3 Å². The van der Waals surface area contributed by atoms with Gasteiger partial charge < -0.3 is 0 Å². The number of carbonyl (C=O) groups is 1. The fraction of sp³-hybridized carbons (Fsp3) is 0.857. The second-order valence-electron chi connectivity index (χ2n) is 6.68. The van der Waals surface area contributed by atoms with Crippen molar-refractivity contribution in [2.45, 2.75) is 53.9 Å². The van der Waals surface area contributed by atoms with E-state index in [-0.39, 0.29) is 17.2 Å². The number of nitrogens with one attached hydrogen (secondary N) is 1. The van der Waals surface area contributed by atoms with E-state index in [1.165, 1.54) is 18.6 Å². The molecule has 1 N–H and O–H groups in total. The van der Waals surface area contributed by atoms with Crippen LogP contribution >= 0.6 is 0 Å². The summed E-state index contributed by atoms with van der Waals surface area (Å²) >= 11 is 0. The predicted octanol–water partition coefficient (Wildman–Crippen LogP) is 2.96. The molecular formula is C14H24N2O. The number of nitrogens with zero attached hydrogens (tertiary/aromatic N) is 1. The molecule has 2 saturated carbocycles. The molecule has 0 aliphatic heterocycles. The topological polar surface area (TPSA) is 41.5 Å². The van der Waals surface area contributed by atoms with Crippen LogP contribution in [0.3, 0.4) is 0 Å². The molecule has 0 spiro atoms. The lowest BCUT2D eigenvalue weighted by Gasteiger charge is -2.34. The van der Waals surface area contributed by atoms with E-state index in [9.17, 15) is 4.79 Å². The molecule has 2 aliphatic rings. The molecular weight excluding hydrogens is 212 g/mol. The molecule has 2 atom stereocenters. The first kappa shape index (κ1) is 12.6. The molecule has 2 fully saturated rings. The highest BCUT2D eigenvalue weighted by Crippen LogP contribution is 2.63. The highest BCUT2D eigenvalue weighted by atomic mass is 16.2. The number of fused-ring (bicyclic) bond motifs is 2. The largest absolute Gasteiger partial charge is 0.273 e. The van der Waals surface area contributed by atoms with E-state index in [1.54, 1.807) is 0 Å². The first-order chi connectivity index (χ1) is 7.79. The lowest BCUT2D eigenvalue weighted by Crippen LogP contribution is -2.34. The van der Waals surface area contributed by atoms with Gasteiger partial charge in [-0.2, -0.15) is 5.10 Å². The van der Waals surface area contributed by atoms with Crippen molar-refractivity contribution in [1.29, 1.82) is 0 Å². The monoisotopic (exact) mass is 236 g/mol. The molecule has 0 heterocycles. The summed E-state index contributed by atoms with van der Waals surface area (Å²) in [6, 6.07) is 0. The van der Waals surface area contributed by atoms with Crippen LogP contribution in [0.2, 0.25) is 0 Å². The number of rotatable bonds is 2. The number of hydrogen-bond acceptors (Lipinski definition) is 2. The number of hydrogen-bond donors (Lipinski definition) is 1. The third kappa shape index (κ3) is 1.71. The number of amides is 1. The molecule has 0 radical (unpaired) electrons. The average molecular weight is 236 g/mol. The lowest BCUT2D eigenvalue weighted by atomic mass is 9.70. The van der Waals surface area contributed by atoms with E-state index in [1.807, 2.05) is 13.8 Å². The van der Waals surface area contributed by atoms with Gasteiger partial charge in [-0.1, -0.05) is 34.6 Å². The molecule has 0 aromatic carbocycles. The number of hydrazone groups is 1. The summed E-state index contributed by atoms with van der Waals surface area (Å²) in [5.74, 6) is 0.752. The second-order valence-corrected chi connectivity index (χ2v) is 6.68. The SMILES string of the molecule is CC(C)C(=O)N/N=C1/C[C@H]2CC[C@]1(C)C2(C)C. The first-order valence-electron chi connectivity index (χ1n) is 6.66. The third-order valence-electron chi connectivity index (χ3n) is 5.34. The van der Waals surface area contributed by atoms with E-state index in [4.69, 9.17) is 0 Å². The molecule has 2 rings (SSSR count). The van der Waals surface area contributed by atoms with Crippen molar-refractivity contribution in [3.63, 3.8) is 0 Å². The first-order valence-corrected chi connectivity index (χ1v) is 6.66. The van der Waals surface area contributed by atoms with Crippen LogP contribution in [0.4, 0.5) is 0 Å². The van der Waals surface area contributed by atoms with Crippen LogP contribution in [0, 0.1) is 22.7 Å². The molecule has 17 heavy (non-hydrogen) atoms. The Morgan fingerprint density at radius 1 is 1.41 bits per heavy atom. The summed E-state index contributed by atoms with van der Waals surface area (Å²) in [7, 11) is 0. The fourth-order valence-corrected chi connectivity index (χ4v) is 3.35. The van der Waals surface area contributed by atoms with Gasteiger partial charge in [-0.05, 0) is 30.6 Å². The van der Waals surface area contributed by atoms with Crippen LogP contribution < -0.4 is 5.43 Å². The predicted molar refractivity (Wildman–Crippen MR) is 69.6 cm³/mol. The van der Waals surface area contributed by atoms with Gasteiger partial charge in [-0.3, -0.25) is 4.79 Å². The van der Waals surface area contributed by atoms with Crippen molar-refractivity contribution >= 4 is 11.6 Å². The zero-order chi connectivity index (χ0) is 12.8. The van der Waals surface area contributed by atoms with Crippen molar-refractivity contribution in [2.75, 3.05) is 0 Å². The van der Waals surface area contributed by atoms with Gasteiger partial charge in [0.1, 0.15) is 0 Å². The van der Waals surface area contributed by atoms with Crippen LogP contribution in [0.15, 0.2) is 5.10 Å². The third-order valence-corrected chi connectivity index (χ3v) is 5.34. The molecule has 2 aliphatic carbocycles. The Morgan fingerprint density at radius 2 is 2.06 bits per heavy atom. The highest BCUT2D eigenvalue weighted by Gasteiger charge is 2.59. The maximum atomic E-state index is 11.6. The van der Waals surface area contributed by atoms with Crippen LogP contribution in [-0.4, -0.2) is 11.6 Å². The molecule has 0 aromatic rings. The van der Waals surface area contributed by atoms with Crippen LogP contribution in [-0.2, 0) is 4.79 Å². The van der Waals surface area contributed by atoms with Crippen molar-refractivity contribution in [3.8, 4) is 0 Å². The van der Waals surface area contributed by atoms with Gasteiger partial charge in [0.25, 0.3) is 0 Å². The van der Waals surface area contributed by atoms with Gasteiger partial charge in [-0.25, -0.2) is 5.43 Å². The average Bonchev–Trinajstić information content (AvgIpc) is 2.57. The molecule has 2 bridgehead atoms. The minimum Gasteiger partial charge on any atom is -0.273 e. The molecule has 3 heteroatoms. The summed E-state index contributed by atoms with van der Waals surface area (Å²) in [5.41, 5.74) is 4.43. The Morgan fingerprint density at radius 3 is 2.47 bits per heavy atom. The summed E-state index contributed by atoms with van der Waals surface area (Å²) in [6.07, 6.45) is 3.57. The van der Waals surface area contributed by atoms with Crippen molar-refractivity contribution in [1.82, 2.24) is 5.43 Å². The van der Waals surface area contributed by atoms with E-state index >= 15 is 0 Å². The smallest absolute Gasteiger partial charge is 0.242 e. The van der Waals surface area contributed by atoms with Gasteiger partial charge in [0.05, 0.1) is 0 Å². The van der Waals surface area contributed by atoms with Crippen molar-refractivity contribution in [2.24, 2.45) is 27.8 Å². The second kappa shape index (κ2) is 3.82. The molecule has 96 valence electrons. The summed E-state index contributed by atoms with van der Waals surface area (Å²) < 4.78 is 0. The molecule has 0 saturated heterocycles. The Bertz CT molecular complexity index is 370. The molecule has 1 amide bonds. The van der Waals surface area contributed by atoms with E-state index in [2.05, 4.69) is 31.3 Å². The number of carbonyl (C=O) groups excluding carboxylic acids is 1. The van der Waals surface area contributed by atoms with Crippen LogP contribution in [0.25, 0.3) is 0 Å². The van der Waals surface area contributed by atoms with Gasteiger partial charge in [-0.15, -0.1) is 0 Å². The lowest BCUT2D eigenvalue weighted by molar-refractivity contribution is -0.123. The highest BCUT2D eigenvalue weighted by molar-refractivity contribution is 5.95. The van der Waals surface area contributed by atoms with Crippen molar-refractivity contribution in [3.05, 3.63) is 0 Å². The molecule has 0 unspecified atom stereocenters.